The summed E-state index contributed by atoms with van der Waals surface area (Å²) < 4.78 is 10.7. The van der Waals surface area contributed by atoms with Crippen LogP contribution in [-0.4, -0.2) is 25.1 Å². The summed E-state index contributed by atoms with van der Waals surface area (Å²) in [6, 6.07) is 13.9. The van der Waals surface area contributed by atoms with Crippen molar-refractivity contribution in [2.24, 2.45) is 0 Å². The van der Waals surface area contributed by atoms with Crippen molar-refractivity contribution in [3.05, 3.63) is 69.7 Å². The van der Waals surface area contributed by atoms with Crippen molar-refractivity contribution < 1.29 is 19.1 Å². The zero-order chi connectivity index (χ0) is 18.7. The number of carbonyl (C=O) groups excluding carboxylic acids is 2. The van der Waals surface area contributed by atoms with Gasteiger partial charge in [0.25, 0.3) is 0 Å². The molecule has 26 heavy (non-hydrogen) atoms. The highest BCUT2D eigenvalue weighted by Crippen LogP contribution is 2.38. The van der Waals surface area contributed by atoms with Crippen LogP contribution in [0, 0.1) is 0 Å². The summed E-state index contributed by atoms with van der Waals surface area (Å²) in [6.07, 6.45) is -1.61. The minimum Gasteiger partial charge on any atom is -0.469 e. The summed E-state index contributed by atoms with van der Waals surface area (Å²) in [5, 5.41) is 4.10. The fraction of sp³-hybridized carbons (Fsp3) is 0.263. The number of hydrogen-bond acceptors (Lipinski definition) is 4. The molecule has 2 aromatic carbocycles. The van der Waals surface area contributed by atoms with E-state index in [-0.39, 0.29) is 12.3 Å². The van der Waals surface area contributed by atoms with Gasteiger partial charge in [0.1, 0.15) is 12.2 Å². The average Bonchev–Trinajstić information content (AvgIpc) is 2.63. The van der Waals surface area contributed by atoms with Gasteiger partial charge in [0.15, 0.2) is 0 Å². The Morgan fingerprint density at radius 3 is 2.50 bits per heavy atom. The second kappa shape index (κ2) is 8.08. The molecular weight excluding hydrogens is 377 g/mol. The van der Waals surface area contributed by atoms with E-state index in [9.17, 15) is 9.59 Å². The molecule has 2 aromatic rings. The smallest absolute Gasteiger partial charge is 0.308 e. The average molecular weight is 394 g/mol. The number of halogens is 2. The number of nitrogens with one attached hydrogen (secondary N) is 1. The van der Waals surface area contributed by atoms with Crippen molar-refractivity contribution in [1.29, 1.82) is 0 Å². The second-order valence-electron chi connectivity index (χ2n) is 5.92. The Kier molecular flexibility index (Phi) is 5.81. The summed E-state index contributed by atoms with van der Waals surface area (Å²) in [7, 11) is 1.27. The minimum atomic E-state index is -0.935. The standard InChI is InChI=1S/C19H17Cl2NO4/c1-25-16(23)10-15-19(24)22-17(11-5-7-13(20)8-6-11)18(26-15)12-3-2-4-14(21)9-12/h2-9,15,17-18H,10H2,1H3,(H,22,24)/t15-,17+,18+/m0/s1. The maximum absolute atomic E-state index is 12.4. The van der Waals surface area contributed by atoms with Crippen LogP contribution in [0.15, 0.2) is 48.5 Å². The molecule has 0 saturated carbocycles. The van der Waals surface area contributed by atoms with Gasteiger partial charge in [0, 0.05) is 10.0 Å². The monoisotopic (exact) mass is 393 g/mol. The molecule has 1 aliphatic heterocycles. The molecule has 1 N–H and O–H groups in total. The first-order chi connectivity index (χ1) is 12.5. The van der Waals surface area contributed by atoms with Gasteiger partial charge >= 0.3 is 5.97 Å². The van der Waals surface area contributed by atoms with Crippen LogP contribution >= 0.6 is 23.2 Å². The number of rotatable bonds is 4. The number of methoxy groups -OCH3 is 1. The van der Waals surface area contributed by atoms with Gasteiger partial charge < -0.3 is 14.8 Å². The highest BCUT2D eigenvalue weighted by Gasteiger charge is 2.39. The summed E-state index contributed by atoms with van der Waals surface area (Å²) in [4.78, 5) is 24.0. The molecule has 5 nitrogen and oxygen atoms in total. The van der Waals surface area contributed by atoms with Gasteiger partial charge in [-0.1, -0.05) is 47.5 Å². The van der Waals surface area contributed by atoms with E-state index in [4.69, 9.17) is 27.9 Å². The van der Waals surface area contributed by atoms with Crippen LogP contribution in [0.5, 0.6) is 0 Å². The summed E-state index contributed by atoms with van der Waals surface area (Å²) >= 11 is 12.1. The molecular formula is C19H17Cl2NO4. The molecule has 0 radical (unpaired) electrons. The predicted molar refractivity (Wildman–Crippen MR) is 98.0 cm³/mol. The van der Waals surface area contributed by atoms with Gasteiger partial charge in [-0.15, -0.1) is 0 Å². The van der Waals surface area contributed by atoms with E-state index >= 15 is 0 Å². The van der Waals surface area contributed by atoms with Gasteiger partial charge in [-0.2, -0.15) is 0 Å². The highest BCUT2D eigenvalue weighted by molar-refractivity contribution is 6.30. The number of morpholine rings is 1. The molecule has 3 atom stereocenters. The maximum Gasteiger partial charge on any atom is 0.308 e. The Balaban J connectivity index is 1.95. The molecule has 0 aromatic heterocycles. The van der Waals surface area contributed by atoms with E-state index in [1.807, 2.05) is 24.3 Å². The van der Waals surface area contributed by atoms with Crippen LogP contribution < -0.4 is 5.32 Å². The van der Waals surface area contributed by atoms with Crippen LogP contribution in [-0.2, 0) is 19.1 Å². The first-order valence-corrected chi connectivity index (χ1v) is 8.77. The van der Waals surface area contributed by atoms with E-state index in [0.717, 1.165) is 11.1 Å². The molecule has 136 valence electrons. The van der Waals surface area contributed by atoms with E-state index in [0.29, 0.717) is 10.0 Å². The van der Waals surface area contributed by atoms with Crippen molar-refractivity contribution in [3.8, 4) is 0 Å². The fourth-order valence-corrected chi connectivity index (χ4v) is 3.22. The SMILES string of the molecule is COC(=O)C[C@@H]1O[C@H](c2cccc(Cl)c2)[C@@H](c2ccc(Cl)cc2)NC1=O. The summed E-state index contributed by atoms with van der Waals surface area (Å²) in [5.74, 6) is -0.881. The third-order valence-electron chi connectivity index (χ3n) is 4.19. The number of esters is 1. The van der Waals surface area contributed by atoms with Gasteiger partial charge in [0.05, 0.1) is 19.6 Å². The summed E-state index contributed by atoms with van der Waals surface area (Å²) in [6.45, 7) is 0. The largest absolute Gasteiger partial charge is 0.469 e. The van der Waals surface area contributed by atoms with Crippen LogP contribution in [0.1, 0.15) is 29.7 Å². The van der Waals surface area contributed by atoms with Crippen LogP contribution in [0.4, 0.5) is 0 Å². The molecule has 1 amide bonds. The van der Waals surface area contributed by atoms with Gasteiger partial charge in [-0.25, -0.2) is 0 Å². The van der Waals surface area contributed by atoms with E-state index < -0.39 is 24.2 Å². The predicted octanol–water partition coefficient (Wildman–Crippen LogP) is 3.85. The number of benzene rings is 2. The van der Waals surface area contributed by atoms with Crippen molar-refractivity contribution in [1.82, 2.24) is 5.32 Å². The lowest BCUT2D eigenvalue weighted by atomic mass is 9.93. The number of carbonyl (C=O) groups is 2. The van der Waals surface area contributed by atoms with Crippen LogP contribution in [0.3, 0.4) is 0 Å². The Labute approximate surface area is 161 Å². The minimum absolute atomic E-state index is 0.160. The van der Waals surface area contributed by atoms with Crippen molar-refractivity contribution in [2.45, 2.75) is 24.7 Å². The number of ether oxygens (including phenoxy) is 2. The zero-order valence-electron chi connectivity index (χ0n) is 13.9. The molecule has 1 heterocycles. The van der Waals surface area contributed by atoms with Crippen LogP contribution in [0.25, 0.3) is 0 Å². The van der Waals surface area contributed by atoms with E-state index in [1.54, 1.807) is 24.3 Å². The van der Waals surface area contributed by atoms with Crippen molar-refractivity contribution in [3.63, 3.8) is 0 Å². The first-order valence-electron chi connectivity index (χ1n) is 8.01. The van der Waals surface area contributed by atoms with Crippen molar-refractivity contribution >= 4 is 35.1 Å². The normalized spacial score (nSPS) is 22.6. The van der Waals surface area contributed by atoms with Crippen LogP contribution in [0.2, 0.25) is 10.0 Å². The van der Waals surface area contributed by atoms with Gasteiger partial charge in [0.2, 0.25) is 5.91 Å². The lowest BCUT2D eigenvalue weighted by molar-refractivity contribution is -0.160. The molecule has 7 heteroatoms. The molecule has 1 saturated heterocycles. The third kappa shape index (κ3) is 4.18. The first kappa shape index (κ1) is 18.7. The molecule has 0 spiro atoms. The highest BCUT2D eigenvalue weighted by atomic mass is 35.5. The molecule has 1 fully saturated rings. The molecule has 0 aliphatic carbocycles. The quantitative estimate of drug-likeness (QED) is 0.801. The number of hydrogen-bond donors (Lipinski definition) is 1. The van der Waals surface area contributed by atoms with Gasteiger partial charge in [-0.3, -0.25) is 9.59 Å². The van der Waals surface area contributed by atoms with E-state index in [1.165, 1.54) is 7.11 Å². The third-order valence-corrected chi connectivity index (χ3v) is 4.68. The maximum atomic E-state index is 12.4. The second-order valence-corrected chi connectivity index (χ2v) is 6.79. The van der Waals surface area contributed by atoms with E-state index in [2.05, 4.69) is 10.1 Å². The zero-order valence-corrected chi connectivity index (χ0v) is 15.5. The molecule has 0 bridgehead atoms. The fourth-order valence-electron chi connectivity index (χ4n) is 2.90. The topological polar surface area (TPSA) is 64.6 Å². The van der Waals surface area contributed by atoms with Gasteiger partial charge in [-0.05, 0) is 35.4 Å². The molecule has 3 rings (SSSR count). The van der Waals surface area contributed by atoms with Crippen molar-refractivity contribution in [2.75, 3.05) is 7.11 Å². The lowest BCUT2D eigenvalue weighted by Gasteiger charge is -2.37. The Bertz CT molecular complexity index is 809. The Hall–Kier alpha value is -2.08. The summed E-state index contributed by atoms with van der Waals surface area (Å²) in [5.41, 5.74) is 1.64. The molecule has 0 unspecified atom stereocenters. The number of amides is 1. The Morgan fingerprint density at radius 1 is 1.12 bits per heavy atom. The Morgan fingerprint density at radius 2 is 1.85 bits per heavy atom. The molecule has 1 aliphatic rings. The lowest BCUT2D eigenvalue weighted by Crippen LogP contribution is -2.48.